The zero-order valence-electron chi connectivity index (χ0n) is 13.1. The van der Waals surface area contributed by atoms with E-state index in [-0.39, 0.29) is 24.7 Å². The average Bonchev–Trinajstić information content (AvgIpc) is 2.45. The number of ether oxygens (including phenoxy) is 1. The van der Waals surface area contributed by atoms with E-state index in [4.69, 9.17) is 4.74 Å². The number of hydrogen-bond donors (Lipinski definition) is 1. The normalized spacial score (nSPS) is 23.0. The largest absolute Gasteiger partial charge is 0.445 e. The van der Waals surface area contributed by atoms with Crippen LogP contribution in [0.1, 0.15) is 39.2 Å². The van der Waals surface area contributed by atoms with Crippen molar-refractivity contribution in [1.82, 2.24) is 4.90 Å². The van der Waals surface area contributed by atoms with Crippen LogP contribution in [0.5, 0.6) is 0 Å². The molecule has 0 saturated carbocycles. The minimum atomic E-state index is -0.766. The van der Waals surface area contributed by atoms with E-state index in [0.717, 1.165) is 18.4 Å². The van der Waals surface area contributed by atoms with Gasteiger partial charge in [0.25, 0.3) is 0 Å². The van der Waals surface area contributed by atoms with Gasteiger partial charge < -0.3 is 14.7 Å². The lowest BCUT2D eigenvalue weighted by atomic mass is 9.82. The number of rotatable bonds is 3. The molecule has 4 heteroatoms. The maximum absolute atomic E-state index is 12.3. The molecule has 2 rings (SSSR count). The van der Waals surface area contributed by atoms with E-state index in [1.807, 2.05) is 37.3 Å². The van der Waals surface area contributed by atoms with Crippen LogP contribution in [0.2, 0.25) is 0 Å². The molecule has 1 aliphatic heterocycles. The summed E-state index contributed by atoms with van der Waals surface area (Å²) in [4.78, 5) is 14.0. The molecule has 116 valence electrons. The first-order valence-corrected chi connectivity index (χ1v) is 7.57. The van der Waals surface area contributed by atoms with E-state index in [2.05, 4.69) is 0 Å². The van der Waals surface area contributed by atoms with Crippen molar-refractivity contribution in [3.05, 3.63) is 35.9 Å². The van der Waals surface area contributed by atoms with Gasteiger partial charge in [-0.05, 0) is 39.2 Å². The number of nitrogens with zero attached hydrogens (tertiary/aromatic N) is 1. The molecule has 21 heavy (non-hydrogen) atoms. The molecule has 2 atom stereocenters. The van der Waals surface area contributed by atoms with Crippen LogP contribution in [0.25, 0.3) is 0 Å². The van der Waals surface area contributed by atoms with Crippen LogP contribution >= 0.6 is 0 Å². The van der Waals surface area contributed by atoms with Gasteiger partial charge in [-0.3, -0.25) is 0 Å². The third kappa shape index (κ3) is 4.21. The van der Waals surface area contributed by atoms with Gasteiger partial charge in [-0.15, -0.1) is 0 Å². The van der Waals surface area contributed by atoms with Crippen molar-refractivity contribution in [1.29, 1.82) is 0 Å². The molecule has 1 amide bonds. The highest BCUT2D eigenvalue weighted by Gasteiger charge is 2.36. The van der Waals surface area contributed by atoms with E-state index in [1.165, 1.54) is 0 Å². The molecular weight excluding hydrogens is 266 g/mol. The number of hydrogen-bond acceptors (Lipinski definition) is 3. The average molecular weight is 291 g/mol. The molecule has 1 aliphatic rings. The highest BCUT2D eigenvalue weighted by atomic mass is 16.6. The fourth-order valence-electron chi connectivity index (χ4n) is 2.74. The summed E-state index contributed by atoms with van der Waals surface area (Å²) in [5, 5.41) is 10.2. The minimum Gasteiger partial charge on any atom is -0.445 e. The molecule has 1 fully saturated rings. The number of aliphatic hydroxyl groups is 1. The zero-order valence-corrected chi connectivity index (χ0v) is 13.1. The molecule has 1 N–H and O–H groups in total. The molecule has 0 bridgehead atoms. The Bertz CT molecular complexity index is 467. The minimum absolute atomic E-state index is 0.0953. The molecule has 0 radical (unpaired) electrons. The Hall–Kier alpha value is -1.55. The molecule has 1 aromatic rings. The number of likely N-dealkylation sites (tertiary alicyclic amines) is 1. The third-order valence-electron chi connectivity index (χ3n) is 4.32. The van der Waals surface area contributed by atoms with Crippen LogP contribution in [0, 0.1) is 5.92 Å². The first kappa shape index (κ1) is 15.8. The van der Waals surface area contributed by atoms with Crippen LogP contribution < -0.4 is 0 Å². The van der Waals surface area contributed by atoms with E-state index < -0.39 is 5.60 Å². The Labute approximate surface area is 126 Å². The SMILES string of the molecule is CC1CCC(C(C)(C)O)CN1C(=O)OCc1ccccc1. The van der Waals surface area contributed by atoms with Crippen LogP contribution in [-0.2, 0) is 11.3 Å². The van der Waals surface area contributed by atoms with Crippen LogP contribution in [0.3, 0.4) is 0 Å². The summed E-state index contributed by atoms with van der Waals surface area (Å²) < 4.78 is 5.40. The van der Waals surface area contributed by atoms with Crippen molar-refractivity contribution < 1.29 is 14.6 Å². The maximum atomic E-state index is 12.3. The van der Waals surface area contributed by atoms with Crippen molar-refractivity contribution in [2.45, 2.75) is 51.9 Å². The van der Waals surface area contributed by atoms with E-state index in [1.54, 1.807) is 18.7 Å². The second-order valence-electron chi connectivity index (χ2n) is 6.47. The molecule has 0 spiro atoms. The zero-order chi connectivity index (χ0) is 15.5. The van der Waals surface area contributed by atoms with Gasteiger partial charge in [-0.25, -0.2) is 4.79 Å². The van der Waals surface area contributed by atoms with Crippen LogP contribution in [0.4, 0.5) is 4.79 Å². The maximum Gasteiger partial charge on any atom is 0.410 e. The second-order valence-corrected chi connectivity index (χ2v) is 6.47. The Kier molecular flexibility index (Phi) is 4.88. The lowest BCUT2D eigenvalue weighted by Crippen LogP contribution is -2.50. The van der Waals surface area contributed by atoms with Gasteiger partial charge in [0.15, 0.2) is 0 Å². The monoisotopic (exact) mass is 291 g/mol. The third-order valence-corrected chi connectivity index (χ3v) is 4.32. The topological polar surface area (TPSA) is 49.8 Å². The van der Waals surface area contributed by atoms with Crippen molar-refractivity contribution >= 4 is 6.09 Å². The number of carbonyl (C=O) groups excluding carboxylic acids is 1. The van der Waals surface area contributed by atoms with Gasteiger partial charge in [-0.2, -0.15) is 0 Å². The van der Waals surface area contributed by atoms with Crippen molar-refractivity contribution in [2.75, 3.05) is 6.54 Å². The first-order valence-electron chi connectivity index (χ1n) is 7.57. The lowest BCUT2D eigenvalue weighted by molar-refractivity contribution is -0.0293. The molecule has 1 heterocycles. The summed E-state index contributed by atoms with van der Waals surface area (Å²) in [5.41, 5.74) is 0.215. The van der Waals surface area contributed by atoms with Gasteiger partial charge in [0.2, 0.25) is 0 Å². The lowest BCUT2D eigenvalue weighted by Gasteiger charge is -2.41. The molecule has 0 aromatic heterocycles. The standard InChI is InChI=1S/C17H25NO3/c1-13-9-10-15(17(2,3)20)11-18(13)16(19)21-12-14-7-5-4-6-8-14/h4-8,13,15,20H,9-12H2,1-3H3. The van der Waals surface area contributed by atoms with Gasteiger partial charge in [0.05, 0.1) is 5.60 Å². The predicted octanol–water partition coefficient (Wildman–Crippen LogP) is 3.19. The summed E-state index contributed by atoms with van der Waals surface area (Å²) >= 11 is 0. The number of benzene rings is 1. The van der Waals surface area contributed by atoms with Gasteiger partial charge in [0, 0.05) is 18.5 Å². The fraction of sp³-hybridized carbons (Fsp3) is 0.588. The predicted molar refractivity (Wildman–Crippen MR) is 81.8 cm³/mol. The van der Waals surface area contributed by atoms with E-state index >= 15 is 0 Å². The first-order chi connectivity index (χ1) is 9.88. The van der Waals surface area contributed by atoms with Gasteiger partial charge >= 0.3 is 6.09 Å². The quantitative estimate of drug-likeness (QED) is 0.930. The van der Waals surface area contributed by atoms with Crippen molar-refractivity contribution in [3.8, 4) is 0 Å². The Balaban J connectivity index is 1.93. The molecule has 2 unspecified atom stereocenters. The highest BCUT2D eigenvalue weighted by Crippen LogP contribution is 2.30. The summed E-state index contributed by atoms with van der Waals surface area (Å²) in [6.07, 6.45) is 1.54. The Morgan fingerprint density at radius 1 is 1.33 bits per heavy atom. The summed E-state index contributed by atoms with van der Waals surface area (Å²) in [5.74, 6) is 0.0953. The van der Waals surface area contributed by atoms with Crippen LogP contribution in [0.15, 0.2) is 30.3 Å². The van der Waals surface area contributed by atoms with Gasteiger partial charge in [0.1, 0.15) is 6.61 Å². The number of piperidine rings is 1. The molecule has 1 aromatic carbocycles. The van der Waals surface area contributed by atoms with Crippen molar-refractivity contribution in [3.63, 3.8) is 0 Å². The van der Waals surface area contributed by atoms with Gasteiger partial charge in [-0.1, -0.05) is 30.3 Å². The number of amides is 1. The number of carbonyl (C=O) groups is 1. The molecule has 0 aliphatic carbocycles. The highest BCUT2D eigenvalue weighted by molar-refractivity contribution is 5.68. The summed E-state index contributed by atoms with van der Waals surface area (Å²) in [7, 11) is 0. The molecule has 4 nitrogen and oxygen atoms in total. The van der Waals surface area contributed by atoms with Crippen LogP contribution in [-0.4, -0.2) is 34.3 Å². The van der Waals surface area contributed by atoms with E-state index in [9.17, 15) is 9.90 Å². The Morgan fingerprint density at radius 2 is 2.00 bits per heavy atom. The Morgan fingerprint density at radius 3 is 2.62 bits per heavy atom. The summed E-state index contributed by atoms with van der Waals surface area (Å²) in [6, 6.07) is 9.82. The summed E-state index contributed by atoms with van der Waals surface area (Å²) in [6.45, 7) is 6.49. The van der Waals surface area contributed by atoms with E-state index in [0.29, 0.717) is 6.54 Å². The smallest absolute Gasteiger partial charge is 0.410 e. The molecule has 1 saturated heterocycles. The molecular formula is C17H25NO3. The fourth-order valence-corrected chi connectivity index (χ4v) is 2.74. The second kappa shape index (κ2) is 6.48. The van der Waals surface area contributed by atoms with Crippen molar-refractivity contribution in [2.24, 2.45) is 5.92 Å².